The number of anilines is 1. The van der Waals surface area contributed by atoms with Crippen molar-refractivity contribution in [2.75, 3.05) is 30.1 Å². The minimum Gasteiger partial charge on any atom is -0.495 e. The van der Waals surface area contributed by atoms with Crippen molar-refractivity contribution in [3.8, 4) is 5.75 Å². The van der Waals surface area contributed by atoms with E-state index in [2.05, 4.69) is 0 Å². The number of carbonyl (C=O) groups is 1. The summed E-state index contributed by atoms with van der Waals surface area (Å²) < 4.78 is 30.0. The Bertz CT molecular complexity index is 997. The number of piperazine rings is 1. The summed E-state index contributed by atoms with van der Waals surface area (Å²) in [5.41, 5.74) is 1.65. The molecule has 0 spiro atoms. The van der Waals surface area contributed by atoms with E-state index in [1.165, 1.54) is 7.11 Å². The number of benzene rings is 2. The Morgan fingerprint density at radius 2 is 1.82 bits per heavy atom. The number of rotatable bonds is 4. The summed E-state index contributed by atoms with van der Waals surface area (Å²) in [4.78, 5) is 16.6. The van der Waals surface area contributed by atoms with Crippen LogP contribution in [0.4, 0.5) is 5.69 Å². The summed E-state index contributed by atoms with van der Waals surface area (Å²) in [6.07, 6.45) is 0. The molecule has 0 aromatic heterocycles. The lowest BCUT2D eigenvalue weighted by Gasteiger charge is -2.43. The van der Waals surface area contributed by atoms with Gasteiger partial charge in [0.15, 0.2) is 9.84 Å². The van der Waals surface area contributed by atoms with Gasteiger partial charge in [-0.3, -0.25) is 9.69 Å². The van der Waals surface area contributed by atoms with Gasteiger partial charge in [0.25, 0.3) is 0 Å². The minimum absolute atomic E-state index is 0.0433. The second-order valence-corrected chi connectivity index (χ2v) is 9.75. The van der Waals surface area contributed by atoms with Crippen LogP contribution in [-0.4, -0.2) is 56.5 Å². The Morgan fingerprint density at radius 1 is 1.11 bits per heavy atom. The fourth-order valence-corrected chi connectivity index (χ4v) is 6.32. The largest absolute Gasteiger partial charge is 0.495 e. The lowest BCUT2D eigenvalue weighted by Crippen LogP contribution is -2.61. The number of halogens is 1. The SMILES string of the molecule is COc1ccc(N2C(=O)CN(Cc3ccccc3)C3CS(=O)(=O)CC32)cc1Cl. The fraction of sp³-hybridized carbons (Fsp3) is 0.350. The first-order valence-electron chi connectivity index (χ1n) is 9.02. The van der Waals surface area contributed by atoms with Crippen molar-refractivity contribution in [2.45, 2.75) is 18.6 Å². The van der Waals surface area contributed by atoms with Crippen LogP contribution in [0.3, 0.4) is 0 Å². The van der Waals surface area contributed by atoms with E-state index in [1.54, 1.807) is 23.1 Å². The van der Waals surface area contributed by atoms with Crippen molar-refractivity contribution in [1.29, 1.82) is 0 Å². The van der Waals surface area contributed by atoms with E-state index in [-0.39, 0.29) is 30.0 Å². The van der Waals surface area contributed by atoms with Crippen LogP contribution >= 0.6 is 11.6 Å². The van der Waals surface area contributed by atoms with Crippen LogP contribution in [0.2, 0.25) is 5.02 Å². The molecule has 2 unspecified atom stereocenters. The first-order chi connectivity index (χ1) is 13.4. The van der Waals surface area contributed by atoms with Crippen molar-refractivity contribution in [3.05, 3.63) is 59.1 Å². The Hall–Kier alpha value is -2.09. The molecule has 0 radical (unpaired) electrons. The van der Waals surface area contributed by atoms with E-state index in [4.69, 9.17) is 16.3 Å². The number of methoxy groups -OCH3 is 1. The number of carbonyl (C=O) groups excluding carboxylic acids is 1. The van der Waals surface area contributed by atoms with Gasteiger partial charge in [-0.25, -0.2) is 8.42 Å². The smallest absolute Gasteiger partial charge is 0.241 e. The molecule has 28 heavy (non-hydrogen) atoms. The summed E-state index contributed by atoms with van der Waals surface area (Å²) in [5.74, 6) is 0.392. The van der Waals surface area contributed by atoms with Gasteiger partial charge in [-0.15, -0.1) is 0 Å². The molecule has 0 N–H and O–H groups in total. The summed E-state index contributed by atoms with van der Waals surface area (Å²) in [6.45, 7) is 0.704. The number of hydrogen-bond donors (Lipinski definition) is 0. The van der Waals surface area contributed by atoms with Crippen LogP contribution in [0.1, 0.15) is 5.56 Å². The Balaban J connectivity index is 1.67. The first kappa shape index (κ1) is 19.2. The van der Waals surface area contributed by atoms with Gasteiger partial charge in [-0.1, -0.05) is 41.9 Å². The highest BCUT2D eigenvalue weighted by atomic mass is 35.5. The summed E-state index contributed by atoms with van der Waals surface area (Å²) >= 11 is 6.24. The predicted octanol–water partition coefficient (Wildman–Crippen LogP) is 2.36. The maximum Gasteiger partial charge on any atom is 0.241 e. The van der Waals surface area contributed by atoms with Gasteiger partial charge in [-0.2, -0.15) is 0 Å². The van der Waals surface area contributed by atoms with Gasteiger partial charge < -0.3 is 9.64 Å². The fourth-order valence-electron chi connectivity index (χ4n) is 4.09. The highest BCUT2D eigenvalue weighted by Crippen LogP contribution is 2.35. The predicted molar refractivity (Wildman–Crippen MR) is 109 cm³/mol. The molecule has 1 amide bonds. The average molecular weight is 421 g/mol. The Labute approximate surface area is 169 Å². The number of fused-ring (bicyclic) bond motifs is 1. The van der Waals surface area contributed by atoms with E-state index in [0.717, 1.165) is 5.56 Å². The molecule has 2 aliphatic rings. The van der Waals surface area contributed by atoms with Crippen molar-refractivity contribution < 1.29 is 17.9 Å². The Kier molecular flexibility index (Phi) is 5.07. The number of sulfone groups is 1. The second-order valence-electron chi connectivity index (χ2n) is 7.18. The zero-order valence-corrected chi connectivity index (χ0v) is 17.0. The summed E-state index contributed by atoms with van der Waals surface area (Å²) in [6, 6.07) is 14.2. The third kappa shape index (κ3) is 3.62. The number of amides is 1. The lowest BCUT2D eigenvalue weighted by atomic mass is 10.0. The third-order valence-corrected chi connectivity index (χ3v) is 7.34. The normalized spacial score (nSPS) is 24.2. The van der Waals surface area contributed by atoms with Gasteiger partial charge in [-0.05, 0) is 23.8 Å². The van der Waals surface area contributed by atoms with E-state index in [1.807, 2.05) is 35.2 Å². The molecule has 8 heteroatoms. The van der Waals surface area contributed by atoms with Crippen molar-refractivity contribution in [3.63, 3.8) is 0 Å². The monoisotopic (exact) mass is 420 g/mol. The van der Waals surface area contributed by atoms with Crippen LogP contribution < -0.4 is 9.64 Å². The van der Waals surface area contributed by atoms with E-state index < -0.39 is 15.9 Å². The van der Waals surface area contributed by atoms with E-state index in [0.29, 0.717) is 23.0 Å². The van der Waals surface area contributed by atoms with Crippen molar-refractivity contribution in [1.82, 2.24) is 4.90 Å². The maximum absolute atomic E-state index is 13.0. The summed E-state index contributed by atoms with van der Waals surface area (Å²) in [7, 11) is -1.71. The van der Waals surface area contributed by atoms with Crippen LogP contribution in [0.5, 0.6) is 5.75 Å². The zero-order valence-electron chi connectivity index (χ0n) is 15.4. The van der Waals surface area contributed by atoms with E-state index >= 15 is 0 Å². The topological polar surface area (TPSA) is 66.9 Å². The molecule has 2 heterocycles. The van der Waals surface area contributed by atoms with Gasteiger partial charge in [0, 0.05) is 18.3 Å². The molecule has 0 saturated carbocycles. The van der Waals surface area contributed by atoms with Crippen molar-refractivity contribution >= 4 is 33.0 Å². The van der Waals surface area contributed by atoms with Gasteiger partial charge in [0.05, 0.1) is 36.2 Å². The standard InChI is InChI=1S/C20H21ClN2O4S/c1-27-19-8-7-15(9-16(19)21)23-18-13-28(25,26)12-17(18)22(11-20(23)24)10-14-5-3-2-4-6-14/h2-9,17-18H,10-13H2,1H3. The summed E-state index contributed by atoms with van der Waals surface area (Å²) in [5, 5.41) is 0.386. The van der Waals surface area contributed by atoms with Gasteiger partial charge >= 0.3 is 0 Å². The van der Waals surface area contributed by atoms with Crippen LogP contribution in [0, 0.1) is 0 Å². The average Bonchev–Trinajstić information content (AvgIpc) is 2.98. The van der Waals surface area contributed by atoms with Crippen LogP contribution in [-0.2, 0) is 21.2 Å². The molecule has 2 aromatic rings. The lowest BCUT2D eigenvalue weighted by molar-refractivity contribution is -0.123. The Morgan fingerprint density at radius 3 is 2.50 bits per heavy atom. The van der Waals surface area contributed by atoms with Crippen LogP contribution in [0.25, 0.3) is 0 Å². The third-order valence-electron chi connectivity index (χ3n) is 5.34. The minimum atomic E-state index is -3.23. The quantitative estimate of drug-likeness (QED) is 0.759. The molecule has 2 aliphatic heterocycles. The molecule has 6 nitrogen and oxygen atoms in total. The van der Waals surface area contributed by atoms with Gasteiger partial charge in [0.2, 0.25) is 5.91 Å². The highest BCUT2D eigenvalue weighted by Gasteiger charge is 2.49. The number of nitrogens with zero attached hydrogens (tertiary/aromatic N) is 2. The molecule has 148 valence electrons. The molecule has 4 rings (SSSR count). The van der Waals surface area contributed by atoms with Crippen molar-refractivity contribution in [2.24, 2.45) is 0 Å². The highest BCUT2D eigenvalue weighted by molar-refractivity contribution is 7.91. The second kappa shape index (κ2) is 7.39. The molecular weight excluding hydrogens is 400 g/mol. The molecular formula is C20H21ClN2O4S. The molecule has 2 fully saturated rings. The molecule has 2 saturated heterocycles. The van der Waals surface area contributed by atoms with Gasteiger partial charge in [0.1, 0.15) is 5.75 Å². The maximum atomic E-state index is 13.0. The number of ether oxygens (including phenoxy) is 1. The molecule has 0 aliphatic carbocycles. The number of hydrogen-bond acceptors (Lipinski definition) is 5. The van der Waals surface area contributed by atoms with Crippen LogP contribution in [0.15, 0.2) is 48.5 Å². The molecule has 2 aromatic carbocycles. The zero-order chi connectivity index (χ0) is 19.9. The molecule has 2 atom stereocenters. The first-order valence-corrected chi connectivity index (χ1v) is 11.2. The van der Waals surface area contributed by atoms with E-state index in [9.17, 15) is 13.2 Å². The molecule has 0 bridgehead atoms.